The number of para-hydroxylation sites is 1. The van der Waals surface area contributed by atoms with Crippen LogP contribution in [0.15, 0.2) is 35.3 Å². The van der Waals surface area contributed by atoms with Gasteiger partial charge in [0.15, 0.2) is 5.96 Å². The zero-order valence-electron chi connectivity index (χ0n) is 11.3. The molecule has 0 amide bonds. The van der Waals surface area contributed by atoms with E-state index in [1.807, 2.05) is 0 Å². The first kappa shape index (κ1) is 12.5. The molecule has 0 bridgehead atoms. The number of nitrogens with zero attached hydrogens (tertiary/aromatic N) is 2. The molecule has 2 aliphatic rings. The van der Waals surface area contributed by atoms with Gasteiger partial charge in [0.25, 0.3) is 0 Å². The minimum absolute atomic E-state index is 0.592. The fourth-order valence-corrected chi connectivity index (χ4v) is 2.77. The normalized spacial score (nSPS) is 23.3. The summed E-state index contributed by atoms with van der Waals surface area (Å²) in [5, 5.41) is 7.07. The van der Waals surface area contributed by atoms with Gasteiger partial charge >= 0.3 is 0 Å². The van der Waals surface area contributed by atoms with Crippen LogP contribution in [0.3, 0.4) is 0 Å². The Bertz CT molecular complexity index is 423. The number of piperidine rings is 1. The molecule has 102 valence electrons. The Morgan fingerprint density at radius 2 is 2.16 bits per heavy atom. The average molecular weight is 258 g/mol. The van der Waals surface area contributed by atoms with Gasteiger partial charge in [0.1, 0.15) is 0 Å². The third kappa shape index (κ3) is 3.07. The molecule has 4 heteroatoms. The maximum atomic E-state index is 4.58. The first-order valence-electron chi connectivity index (χ1n) is 7.28. The van der Waals surface area contributed by atoms with E-state index in [2.05, 4.69) is 50.9 Å². The van der Waals surface area contributed by atoms with E-state index in [0.29, 0.717) is 6.04 Å². The van der Waals surface area contributed by atoms with Gasteiger partial charge in [0, 0.05) is 24.8 Å². The van der Waals surface area contributed by atoms with Crippen LogP contribution in [0, 0.1) is 0 Å². The smallest absolute Gasteiger partial charge is 0.198 e. The molecule has 1 unspecified atom stereocenters. The third-order valence-corrected chi connectivity index (χ3v) is 3.83. The van der Waals surface area contributed by atoms with Gasteiger partial charge in [0.2, 0.25) is 0 Å². The molecule has 2 N–H and O–H groups in total. The van der Waals surface area contributed by atoms with Crippen molar-refractivity contribution in [1.29, 1.82) is 0 Å². The Hall–Kier alpha value is -1.55. The van der Waals surface area contributed by atoms with E-state index in [0.717, 1.165) is 32.1 Å². The second kappa shape index (κ2) is 6.06. The monoisotopic (exact) mass is 258 g/mol. The van der Waals surface area contributed by atoms with Crippen molar-refractivity contribution in [3.05, 3.63) is 30.3 Å². The largest absolute Gasteiger partial charge is 0.354 e. The van der Waals surface area contributed by atoms with Gasteiger partial charge in [-0.3, -0.25) is 4.99 Å². The number of anilines is 1. The summed E-state index contributed by atoms with van der Waals surface area (Å²) in [6, 6.07) is 11.1. The van der Waals surface area contributed by atoms with Crippen molar-refractivity contribution in [2.75, 3.05) is 31.1 Å². The lowest BCUT2D eigenvalue weighted by molar-refractivity contribution is 0.398. The minimum Gasteiger partial charge on any atom is -0.354 e. The van der Waals surface area contributed by atoms with E-state index in [9.17, 15) is 0 Å². The molecule has 0 saturated carbocycles. The molecule has 4 nitrogen and oxygen atoms in total. The summed E-state index contributed by atoms with van der Waals surface area (Å²) < 4.78 is 0. The maximum absolute atomic E-state index is 4.58. The molecule has 0 aromatic heterocycles. The Balaban J connectivity index is 1.57. The lowest BCUT2D eigenvalue weighted by Crippen LogP contribution is -2.47. The highest BCUT2D eigenvalue weighted by molar-refractivity contribution is 5.97. The Morgan fingerprint density at radius 3 is 2.95 bits per heavy atom. The highest BCUT2D eigenvalue weighted by Crippen LogP contribution is 2.16. The van der Waals surface area contributed by atoms with Gasteiger partial charge in [-0.15, -0.1) is 0 Å². The summed E-state index contributed by atoms with van der Waals surface area (Å²) in [6.07, 6.45) is 3.92. The number of guanidine groups is 1. The number of nitrogens with one attached hydrogen (secondary N) is 2. The lowest BCUT2D eigenvalue weighted by atomic mass is 10.1. The van der Waals surface area contributed by atoms with E-state index >= 15 is 0 Å². The van der Waals surface area contributed by atoms with Gasteiger partial charge in [-0.1, -0.05) is 24.6 Å². The van der Waals surface area contributed by atoms with Crippen LogP contribution in [0.4, 0.5) is 5.69 Å². The van der Waals surface area contributed by atoms with Crippen LogP contribution in [-0.4, -0.2) is 38.2 Å². The van der Waals surface area contributed by atoms with Crippen molar-refractivity contribution in [3.8, 4) is 0 Å². The fraction of sp³-hybridized carbons (Fsp3) is 0.533. The highest BCUT2D eigenvalue weighted by Gasteiger charge is 2.20. The quantitative estimate of drug-likeness (QED) is 0.865. The van der Waals surface area contributed by atoms with E-state index < -0.39 is 0 Å². The van der Waals surface area contributed by atoms with Crippen LogP contribution in [0.2, 0.25) is 0 Å². The molecule has 1 aromatic carbocycles. The first-order chi connectivity index (χ1) is 9.43. The molecule has 0 aliphatic carbocycles. The Morgan fingerprint density at radius 1 is 1.26 bits per heavy atom. The molecule has 1 fully saturated rings. The summed E-state index contributed by atoms with van der Waals surface area (Å²) >= 11 is 0. The number of benzene rings is 1. The van der Waals surface area contributed by atoms with E-state index in [1.54, 1.807) is 0 Å². The molecule has 0 spiro atoms. The number of hydrogen-bond acceptors (Lipinski definition) is 4. The van der Waals surface area contributed by atoms with Crippen molar-refractivity contribution in [2.24, 2.45) is 4.99 Å². The van der Waals surface area contributed by atoms with Crippen molar-refractivity contribution in [1.82, 2.24) is 10.6 Å². The summed E-state index contributed by atoms with van der Waals surface area (Å²) in [5.41, 5.74) is 1.22. The van der Waals surface area contributed by atoms with Crippen LogP contribution in [-0.2, 0) is 0 Å². The molecular weight excluding hydrogens is 236 g/mol. The molecule has 1 atom stereocenters. The summed E-state index contributed by atoms with van der Waals surface area (Å²) in [4.78, 5) is 6.85. The summed E-state index contributed by atoms with van der Waals surface area (Å²) in [6.45, 7) is 3.99. The van der Waals surface area contributed by atoms with Crippen molar-refractivity contribution in [3.63, 3.8) is 0 Å². The molecule has 2 aliphatic heterocycles. The van der Waals surface area contributed by atoms with Crippen LogP contribution < -0.4 is 15.5 Å². The molecule has 2 heterocycles. The average Bonchev–Trinajstić information content (AvgIpc) is 2.95. The van der Waals surface area contributed by atoms with Gasteiger partial charge in [-0.05, 0) is 31.5 Å². The second-order valence-electron chi connectivity index (χ2n) is 5.22. The number of rotatable bonds is 3. The lowest BCUT2D eigenvalue weighted by Gasteiger charge is -2.26. The van der Waals surface area contributed by atoms with Crippen LogP contribution >= 0.6 is 0 Å². The van der Waals surface area contributed by atoms with E-state index in [1.165, 1.54) is 24.9 Å². The van der Waals surface area contributed by atoms with Crippen LogP contribution in [0.25, 0.3) is 0 Å². The predicted octanol–water partition coefficient (Wildman–Crippen LogP) is 1.59. The van der Waals surface area contributed by atoms with Crippen molar-refractivity contribution < 1.29 is 0 Å². The fourth-order valence-electron chi connectivity index (χ4n) is 2.77. The van der Waals surface area contributed by atoms with Gasteiger partial charge in [0.05, 0.1) is 6.54 Å². The molecule has 0 radical (unpaired) electrons. The minimum atomic E-state index is 0.592. The Labute approximate surface area is 114 Å². The summed E-state index contributed by atoms with van der Waals surface area (Å²) in [5.74, 6) is 1.03. The van der Waals surface area contributed by atoms with Gasteiger partial charge < -0.3 is 15.5 Å². The third-order valence-electron chi connectivity index (χ3n) is 3.83. The van der Waals surface area contributed by atoms with Crippen LogP contribution in [0.5, 0.6) is 0 Å². The zero-order valence-corrected chi connectivity index (χ0v) is 11.3. The maximum Gasteiger partial charge on any atom is 0.198 e. The van der Waals surface area contributed by atoms with Crippen LogP contribution in [0.1, 0.15) is 19.3 Å². The summed E-state index contributed by atoms with van der Waals surface area (Å²) in [7, 11) is 0. The second-order valence-corrected chi connectivity index (χ2v) is 5.22. The highest BCUT2D eigenvalue weighted by atomic mass is 15.3. The number of hydrogen-bond donors (Lipinski definition) is 2. The standard InChI is InChI=1S/C15H22N4/c1-2-7-14(8-3-1)19-11-10-17-15(19)18-12-13-6-4-5-9-16-13/h1-3,7-8,13,16H,4-6,9-12H2,(H,17,18). The van der Waals surface area contributed by atoms with E-state index in [4.69, 9.17) is 0 Å². The molecule has 1 saturated heterocycles. The first-order valence-corrected chi connectivity index (χ1v) is 7.28. The van der Waals surface area contributed by atoms with E-state index in [-0.39, 0.29) is 0 Å². The van der Waals surface area contributed by atoms with Gasteiger partial charge in [-0.2, -0.15) is 0 Å². The Kier molecular flexibility index (Phi) is 3.98. The van der Waals surface area contributed by atoms with Crippen molar-refractivity contribution >= 4 is 11.6 Å². The number of aliphatic imine (C=N–C) groups is 1. The van der Waals surface area contributed by atoms with Crippen molar-refractivity contribution in [2.45, 2.75) is 25.3 Å². The molecule has 3 rings (SSSR count). The molecular formula is C15H22N4. The van der Waals surface area contributed by atoms with Gasteiger partial charge in [-0.25, -0.2) is 0 Å². The SMILES string of the molecule is c1ccc(N2CCN=C2NCC2CCCCN2)cc1. The molecule has 19 heavy (non-hydrogen) atoms. The topological polar surface area (TPSA) is 39.7 Å². The predicted molar refractivity (Wildman–Crippen MR) is 79.7 cm³/mol. The molecule has 1 aromatic rings. The zero-order chi connectivity index (χ0) is 12.9.